The molecule has 0 aliphatic carbocycles. The second-order valence-corrected chi connectivity index (χ2v) is 9.77. The van der Waals surface area contributed by atoms with Gasteiger partial charge in [0.25, 0.3) is 0 Å². The molecule has 0 fully saturated rings. The molecule has 0 radical (unpaired) electrons. The maximum absolute atomic E-state index is 12.6. The molecule has 3 aromatic heterocycles. The Bertz CT molecular complexity index is 1900. The molecule has 8 heteroatoms. The minimum Gasteiger partial charge on any atom is -0.422 e. The van der Waals surface area contributed by atoms with Gasteiger partial charge in [0.2, 0.25) is 0 Å². The van der Waals surface area contributed by atoms with Crippen molar-refractivity contribution in [3.63, 3.8) is 0 Å². The number of hydrogen-bond donors (Lipinski definition) is 0. The average molecular weight is 552 g/mol. The summed E-state index contributed by atoms with van der Waals surface area (Å²) in [6, 6.07) is 24.8. The Morgan fingerprint density at radius 1 is 1.06 bits per heavy atom. The molecular formula is C28H14BrN3O3S. The molecule has 6 aromatic rings. The molecule has 6 nitrogen and oxygen atoms in total. The number of halogens is 1. The summed E-state index contributed by atoms with van der Waals surface area (Å²) >= 11 is 4.74. The standard InChI is InChI=1S/C28H14BrN3O3S/c29-20-7-9-25-18(12-20)13-22(28(33)34-25)24-15-36-27(31-24)19(14-30)10-16-6-8-23-21(11-16)26(35-32-23)17-4-2-1-3-5-17/h1-13,15H. The smallest absolute Gasteiger partial charge is 0.345 e. The summed E-state index contributed by atoms with van der Waals surface area (Å²) in [6.07, 6.45) is 1.77. The number of hydrogen-bond acceptors (Lipinski definition) is 7. The summed E-state index contributed by atoms with van der Waals surface area (Å²) in [4.78, 5) is 17.2. The molecular weight excluding hydrogens is 538 g/mol. The highest BCUT2D eigenvalue weighted by Crippen LogP contribution is 2.32. The molecule has 0 amide bonds. The van der Waals surface area contributed by atoms with Gasteiger partial charge in [0.15, 0.2) is 5.76 Å². The van der Waals surface area contributed by atoms with E-state index in [0.717, 1.165) is 31.9 Å². The van der Waals surface area contributed by atoms with Crippen LogP contribution in [0.3, 0.4) is 0 Å². The average Bonchev–Trinajstić information content (AvgIpc) is 3.55. The van der Waals surface area contributed by atoms with Gasteiger partial charge in [-0.3, -0.25) is 0 Å². The minimum atomic E-state index is -0.476. The molecule has 0 saturated carbocycles. The fourth-order valence-corrected chi connectivity index (χ4v) is 5.11. The van der Waals surface area contributed by atoms with E-state index < -0.39 is 5.63 Å². The first kappa shape index (κ1) is 22.2. The van der Waals surface area contributed by atoms with Gasteiger partial charge in [-0.25, -0.2) is 9.78 Å². The zero-order valence-corrected chi connectivity index (χ0v) is 20.8. The Hall–Kier alpha value is -4.32. The third kappa shape index (κ3) is 4.05. The first-order valence-electron chi connectivity index (χ1n) is 10.9. The molecule has 0 saturated heterocycles. The Labute approximate surface area is 216 Å². The van der Waals surface area contributed by atoms with E-state index in [9.17, 15) is 10.1 Å². The monoisotopic (exact) mass is 551 g/mol. The maximum atomic E-state index is 12.6. The lowest BCUT2D eigenvalue weighted by Gasteiger charge is -2.00. The fourth-order valence-electron chi connectivity index (χ4n) is 3.95. The van der Waals surface area contributed by atoms with Gasteiger partial charge in [-0.15, -0.1) is 11.3 Å². The van der Waals surface area contributed by atoms with Crippen molar-refractivity contribution in [1.82, 2.24) is 10.1 Å². The summed E-state index contributed by atoms with van der Waals surface area (Å²) in [5.41, 5.74) is 3.69. The lowest BCUT2D eigenvalue weighted by atomic mass is 10.0. The predicted octanol–water partition coefficient (Wildman–Crippen LogP) is 7.55. The number of nitrogens with zero attached hydrogens (tertiary/aromatic N) is 3. The number of rotatable bonds is 4. The first-order valence-corrected chi connectivity index (χ1v) is 12.5. The molecule has 0 bridgehead atoms. The molecule has 6 rings (SSSR count). The third-order valence-corrected chi connectivity index (χ3v) is 7.04. The Kier molecular flexibility index (Phi) is 5.56. The Balaban J connectivity index is 1.38. The van der Waals surface area contributed by atoms with Crippen molar-refractivity contribution in [3.05, 3.63) is 104 Å². The van der Waals surface area contributed by atoms with Crippen molar-refractivity contribution >= 4 is 60.8 Å². The quantitative estimate of drug-likeness (QED) is 0.166. The van der Waals surface area contributed by atoms with Crippen LogP contribution in [-0.2, 0) is 0 Å². The van der Waals surface area contributed by atoms with Crippen LogP contribution in [0.5, 0.6) is 0 Å². The summed E-state index contributed by atoms with van der Waals surface area (Å²) in [6.45, 7) is 0. The van der Waals surface area contributed by atoms with Crippen molar-refractivity contribution in [3.8, 4) is 28.7 Å². The summed E-state index contributed by atoms with van der Waals surface area (Å²) in [5, 5.41) is 17.9. The number of benzene rings is 3. The molecule has 3 aromatic carbocycles. The SMILES string of the molecule is N#CC(=Cc1ccc2noc(-c3ccccc3)c2c1)c1nc(-c2cc3cc(Br)ccc3oc2=O)cs1. The van der Waals surface area contributed by atoms with Crippen LogP contribution in [0.2, 0.25) is 0 Å². The van der Waals surface area contributed by atoms with Crippen LogP contribution < -0.4 is 5.63 Å². The number of aromatic nitrogens is 2. The molecule has 0 aliphatic rings. The van der Waals surface area contributed by atoms with E-state index in [4.69, 9.17) is 8.94 Å². The fraction of sp³-hybridized carbons (Fsp3) is 0. The van der Waals surface area contributed by atoms with Crippen LogP contribution in [0.1, 0.15) is 10.6 Å². The van der Waals surface area contributed by atoms with Crippen molar-refractivity contribution < 1.29 is 8.94 Å². The first-order chi connectivity index (χ1) is 17.6. The topological polar surface area (TPSA) is 92.9 Å². The largest absolute Gasteiger partial charge is 0.422 e. The lowest BCUT2D eigenvalue weighted by molar-refractivity contribution is 0.441. The summed E-state index contributed by atoms with van der Waals surface area (Å²) in [7, 11) is 0. The molecule has 3 heterocycles. The van der Waals surface area contributed by atoms with Gasteiger partial charge >= 0.3 is 5.63 Å². The molecule has 0 unspecified atom stereocenters. The van der Waals surface area contributed by atoms with Gasteiger partial charge in [0.05, 0.1) is 22.2 Å². The molecule has 0 spiro atoms. The highest BCUT2D eigenvalue weighted by atomic mass is 79.9. The highest BCUT2D eigenvalue weighted by Gasteiger charge is 2.15. The van der Waals surface area contributed by atoms with E-state index in [1.807, 2.05) is 60.7 Å². The maximum Gasteiger partial charge on any atom is 0.345 e. The van der Waals surface area contributed by atoms with Crippen molar-refractivity contribution in [1.29, 1.82) is 5.26 Å². The van der Waals surface area contributed by atoms with Gasteiger partial charge < -0.3 is 8.94 Å². The van der Waals surface area contributed by atoms with Crippen LogP contribution in [0.15, 0.2) is 96.4 Å². The van der Waals surface area contributed by atoms with Crippen molar-refractivity contribution in [2.75, 3.05) is 0 Å². The summed E-state index contributed by atoms with van der Waals surface area (Å²) in [5.74, 6) is 0.672. The molecule has 0 atom stereocenters. The van der Waals surface area contributed by atoms with Gasteiger partial charge in [0, 0.05) is 20.8 Å². The van der Waals surface area contributed by atoms with E-state index in [0.29, 0.717) is 33.2 Å². The van der Waals surface area contributed by atoms with Crippen molar-refractivity contribution in [2.24, 2.45) is 0 Å². The van der Waals surface area contributed by atoms with E-state index in [2.05, 4.69) is 32.1 Å². The van der Waals surface area contributed by atoms with Crippen LogP contribution in [0, 0.1) is 11.3 Å². The summed E-state index contributed by atoms with van der Waals surface area (Å²) < 4.78 is 11.9. The number of thiazole rings is 1. The third-order valence-electron chi connectivity index (χ3n) is 5.67. The normalized spacial score (nSPS) is 11.7. The van der Waals surface area contributed by atoms with Crippen LogP contribution in [-0.4, -0.2) is 10.1 Å². The zero-order chi connectivity index (χ0) is 24.6. The zero-order valence-electron chi connectivity index (χ0n) is 18.4. The van der Waals surface area contributed by atoms with Gasteiger partial charge in [0.1, 0.15) is 22.2 Å². The van der Waals surface area contributed by atoms with Gasteiger partial charge in [-0.05, 0) is 48.0 Å². The van der Waals surface area contributed by atoms with Crippen LogP contribution >= 0.6 is 27.3 Å². The van der Waals surface area contributed by atoms with Gasteiger partial charge in [-0.2, -0.15) is 5.26 Å². The number of fused-ring (bicyclic) bond motifs is 2. The lowest BCUT2D eigenvalue weighted by Crippen LogP contribution is -2.02. The highest BCUT2D eigenvalue weighted by molar-refractivity contribution is 9.10. The Morgan fingerprint density at radius 3 is 2.75 bits per heavy atom. The van der Waals surface area contributed by atoms with E-state index >= 15 is 0 Å². The molecule has 0 N–H and O–H groups in total. The second-order valence-electron chi connectivity index (χ2n) is 7.99. The number of nitriles is 1. The van der Waals surface area contributed by atoms with E-state index in [1.54, 1.807) is 23.6 Å². The van der Waals surface area contributed by atoms with Crippen LogP contribution in [0.4, 0.5) is 0 Å². The predicted molar refractivity (Wildman–Crippen MR) is 144 cm³/mol. The van der Waals surface area contributed by atoms with E-state index in [-0.39, 0.29) is 0 Å². The minimum absolute atomic E-state index is 0.346. The molecule has 172 valence electrons. The Morgan fingerprint density at radius 2 is 1.92 bits per heavy atom. The second kappa shape index (κ2) is 9.04. The number of allylic oxidation sites excluding steroid dienone is 1. The molecule has 36 heavy (non-hydrogen) atoms. The molecule has 0 aliphatic heterocycles. The van der Waals surface area contributed by atoms with Crippen molar-refractivity contribution in [2.45, 2.75) is 0 Å². The van der Waals surface area contributed by atoms with E-state index in [1.165, 1.54) is 11.3 Å². The van der Waals surface area contributed by atoms with Crippen LogP contribution in [0.25, 0.3) is 56.1 Å². The van der Waals surface area contributed by atoms with Gasteiger partial charge in [-0.1, -0.05) is 57.5 Å².